The number of fused-ring (bicyclic) bond motifs is 3. The maximum absolute atomic E-state index is 12.3. The van der Waals surface area contributed by atoms with E-state index in [1.807, 2.05) is 36.4 Å². The van der Waals surface area contributed by atoms with E-state index in [0.29, 0.717) is 4.47 Å². The largest absolute Gasteiger partial charge is 0.478 e. The van der Waals surface area contributed by atoms with Gasteiger partial charge in [0.25, 0.3) is 0 Å². The first-order chi connectivity index (χ1) is 16.3. The van der Waals surface area contributed by atoms with Crippen LogP contribution >= 0.6 is 15.9 Å². The van der Waals surface area contributed by atoms with Gasteiger partial charge < -0.3 is 25.4 Å². The Bertz CT molecular complexity index is 1170. The number of hydrogen-bond donors (Lipinski definition) is 4. The molecule has 176 valence electrons. The first-order valence-corrected chi connectivity index (χ1v) is 11.6. The molecule has 0 fully saturated rings. The highest BCUT2D eigenvalue weighted by molar-refractivity contribution is 9.10. The number of aliphatic hydroxyl groups is 2. The van der Waals surface area contributed by atoms with Crippen LogP contribution in [-0.4, -0.2) is 46.6 Å². The lowest BCUT2D eigenvalue weighted by atomic mass is 9.98. The van der Waals surface area contributed by atoms with Gasteiger partial charge in [-0.1, -0.05) is 64.5 Å². The zero-order valence-electron chi connectivity index (χ0n) is 18.1. The molecular formula is C26H24BrNO6. The van der Waals surface area contributed by atoms with Crippen LogP contribution in [-0.2, 0) is 4.74 Å². The van der Waals surface area contributed by atoms with Crippen LogP contribution in [0.2, 0.25) is 0 Å². The van der Waals surface area contributed by atoms with Crippen molar-refractivity contribution in [1.82, 2.24) is 5.32 Å². The summed E-state index contributed by atoms with van der Waals surface area (Å²) in [4.78, 5) is 23.5. The molecule has 2 atom stereocenters. The molecule has 3 aromatic carbocycles. The number of aromatic carboxylic acids is 1. The standard InChI is InChI=1S/C26H24BrNO6/c27-17-12-15(11-16(13-17)25(31)32)24(30)23(29)9-10-28-26(33)34-14-22-20-7-3-1-5-18(20)19-6-2-4-8-21(19)22/h1-8,11-13,22-24,29-30H,9-10,14H2,(H,28,33)(H,31,32). The summed E-state index contributed by atoms with van der Waals surface area (Å²) >= 11 is 3.21. The Morgan fingerprint density at radius 2 is 1.59 bits per heavy atom. The van der Waals surface area contributed by atoms with Gasteiger partial charge in [0.2, 0.25) is 0 Å². The van der Waals surface area contributed by atoms with Gasteiger partial charge in [-0.3, -0.25) is 0 Å². The molecule has 34 heavy (non-hydrogen) atoms. The Labute approximate surface area is 205 Å². The number of nitrogens with one attached hydrogen (secondary N) is 1. The fraction of sp³-hybridized carbons (Fsp3) is 0.231. The lowest BCUT2D eigenvalue weighted by Gasteiger charge is -2.19. The van der Waals surface area contributed by atoms with E-state index >= 15 is 0 Å². The van der Waals surface area contributed by atoms with Gasteiger partial charge in [0.15, 0.2) is 0 Å². The van der Waals surface area contributed by atoms with E-state index in [1.165, 1.54) is 12.1 Å². The number of carboxylic acid groups (broad SMARTS) is 1. The molecule has 0 bridgehead atoms. The molecule has 1 aliphatic carbocycles. The predicted molar refractivity (Wildman–Crippen MR) is 130 cm³/mol. The second-order valence-electron chi connectivity index (χ2n) is 8.13. The first kappa shape index (κ1) is 23.9. The minimum Gasteiger partial charge on any atom is -0.478 e. The van der Waals surface area contributed by atoms with Crippen molar-refractivity contribution in [2.45, 2.75) is 24.5 Å². The highest BCUT2D eigenvalue weighted by Crippen LogP contribution is 2.44. The van der Waals surface area contributed by atoms with Crippen molar-refractivity contribution in [2.24, 2.45) is 0 Å². The third-order valence-electron chi connectivity index (χ3n) is 5.93. The van der Waals surface area contributed by atoms with Gasteiger partial charge in [-0.15, -0.1) is 0 Å². The number of alkyl carbamates (subject to hydrolysis) is 1. The molecule has 3 aromatic rings. The molecule has 1 amide bonds. The number of benzene rings is 3. The fourth-order valence-electron chi connectivity index (χ4n) is 4.26. The van der Waals surface area contributed by atoms with Gasteiger partial charge in [-0.05, 0) is 52.4 Å². The second-order valence-corrected chi connectivity index (χ2v) is 9.05. The van der Waals surface area contributed by atoms with E-state index in [2.05, 4.69) is 33.4 Å². The quantitative estimate of drug-likeness (QED) is 0.344. The lowest BCUT2D eigenvalue weighted by molar-refractivity contribution is 0.0135. The minimum atomic E-state index is -1.31. The molecule has 0 heterocycles. The van der Waals surface area contributed by atoms with Crippen LogP contribution < -0.4 is 5.32 Å². The highest BCUT2D eigenvalue weighted by atomic mass is 79.9. The molecule has 0 aromatic heterocycles. The number of rotatable bonds is 8. The topological polar surface area (TPSA) is 116 Å². The fourth-order valence-corrected chi connectivity index (χ4v) is 4.77. The van der Waals surface area contributed by atoms with Crippen molar-refractivity contribution in [3.05, 3.63) is 93.5 Å². The summed E-state index contributed by atoms with van der Waals surface area (Å²) in [7, 11) is 0. The molecule has 4 N–H and O–H groups in total. The molecular weight excluding hydrogens is 502 g/mol. The molecule has 2 unspecified atom stereocenters. The van der Waals surface area contributed by atoms with Crippen molar-refractivity contribution >= 4 is 28.0 Å². The lowest BCUT2D eigenvalue weighted by Crippen LogP contribution is -2.30. The summed E-state index contributed by atoms with van der Waals surface area (Å²) in [5, 5.41) is 32.5. The highest BCUT2D eigenvalue weighted by Gasteiger charge is 2.29. The third kappa shape index (κ3) is 5.14. The minimum absolute atomic E-state index is 0.00705. The van der Waals surface area contributed by atoms with Gasteiger partial charge in [0.05, 0.1) is 11.7 Å². The number of ether oxygens (including phenoxy) is 1. The average Bonchev–Trinajstić information content (AvgIpc) is 3.15. The van der Waals surface area contributed by atoms with Crippen LogP contribution in [0.4, 0.5) is 4.79 Å². The molecule has 0 aliphatic heterocycles. The number of carbonyl (C=O) groups excluding carboxylic acids is 1. The summed E-state index contributed by atoms with van der Waals surface area (Å²) in [6.07, 6.45) is -3.07. The molecule has 8 heteroatoms. The summed E-state index contributed by atoms with van der Waals surface area (Å²) in [6, 6.07) is 20.4. The average molecular weight is 526 g/mol. The van der Waals surface area contributed by atoms with E-state index in [1.54, 1.807) is 6.07 Å². The zero-order valence-corrected chi connectivity index (χ0v) is 19.7. The van der Waals surface area contributed by atoms with Crippen LogP contribution in [0.25, 0.3) is 11.1 Å². The number of carbonyl (C=O) groups is 2. The molecule has 0 radical (unpaired) electrons. The molecule has 0 spiro atoms. The maximum Gasteiger partial charge on any atom is 0.407 e. The van der Waals surface area contributed by atoms with E-state index < -0.39 is 24.3 Å². The number of hydrogen-bond acceptors (Lipinski definition) is 5. The van der Waals surface area contributed by atoms with Crippen LogP contribution in [0.5, 0.6) is 0 Å². The van der Waals surface area contributed by atoms with Gasteiger partial charge in [-0.2, -0.15) is 0 Å². The van der Waals surface area contributed by atoms with Crippen LogP contribution in [0, 0.1) is 0 Å². The Kier molecular flexibility index (Phi) is 7.31. The Morgan fingerprint density at radius 1 is 0.971 bits per heavy atom. The smallest absolute Gasteiger partial charge is 0.407 e. The van der Waals surface area contributed by atoms with Crippen molar-refractivity contribution < 1.29 is 29.6 Å². The van der Waals surface area contributed by atoms with Crippen LogP contribution in [0.15, 0.2) is 71.2 Å². The molecule has 1 aliphatic rings. The molecule has 7 nitrogen and oxygen atoms in total. The molecule has 0 saturated carbocycles. The molecule has 4 rings (SSSR count). The number of carboxylic acids is 1. The van der Waals surface area contributed by atoms with Crippen molar-refractivity contribution in [1.29, 1.82) is 0 Å². The van der Waals surface area contributed by atoms with Crippen molar-refractivity contribution in [3.8, 4) is 11.1 Å². The van der Waals surface area contributed by atoms with Gasteiger partial charge in [0, 0.05) is 16.9 Å². The van der Waals surface area contributed by atoms with E-state index in [0.717, 1.165) is 22.3 Å². The number of halogens is 1. The first-order valence-electron chi connectivity index (χ1n) is 10.8. The Balaban J connectivity index is 1.29. The van der Waals surface area contributed by atoms with E-state index in [-0.39, 0.29) is 36.6 Å². The van der Waals surface area contributed by atoms with Gasteiger partial charge in [-0.25, -0.2) is 9.59 Å². The van der Waals surface area contributed by atoms with Crippen LogP contribution in [0.3, 0.4) is 0 Å². The van der Waals surface area contributed by atoms with Gasteiger partial charge >= 0.3 is 12.1 Å². The van der Waals surface area contributed by atoms with Gasteiger partial charge in [0.1, 0.15) is 12.7 Å². The summed E-state index contributed by atoms with van der Waals surface area (Å²) in [6.45, 7) is 0.260. The predicted octanol–water partition coefficient (Wildman–Crippen LogP) is 4.47. The normalized spacial score (nSPS) is 14.1. The van der Waals surface area contributed by atoms with Crippen LogP contribution in [0.1, 0.15) is 45.5 Å². The van der Waals surface area contributed by atoms with Crippen molar-refractivity contribution in [3.63, 3.8) is 0 Å². The van der Waals surface area contributed by atoms with Crippen molar-refractivity contribution in [2.75, 3.05) is 13.2 Å². The van der Waals surface area contributed by atoms with E-state index in [4.69, 9.17) is 9.84 Å². The monoisotopic (exact) mass is 525 g/mol. The summed E-state index contributed by atoms with van der Waals surface area (Å²) in [5.41, 5.74) is 4.77. The SMILES string of the molecule is O=C(NCCC(O)C(O)c1cc(Br)cc(C(=O)O)c1)OCC1c2ccccc2-c2ccccc21. The summed E-state index contributed by atoms with van der Waals surface area (Å²) in [5.74, 6) is -1.19. The summed E-state index contributed by atoms with van der Waals surface area (Å²) < 4.78 is 5.94. The third-order valence-corrected chi connectivity index (χ3v) is 6.38. The maximum atomic E-state index is 12.3. The number of amides is 1. The number of aliphatic hydroxyl groups excluding tert-OH is 2. The van der Waals surface area contributed by atoms with E-state index in [9.17, 15) is 19.8 Å². The zero-order chi connectivity index (χ0) is 24.2. The Morgan fingerprint density at radius 3 is 2.21 bits per heavy atom. The molecule has 0 saturated heterocycles. The second kappa shape index (κ2) is 10.4. The Hall–Kier alpha value is -3.20.